The van der Waals surface area contributed by atoms with Crippen molar-refractivity contribution in [1.82, 2.24) is 4.90 Å². The van der Waals surface area contributed by atoms with Crippen molar-refractivity contribution < 1.29 is 13.2 Å². The first-order chi connectivity index (χ1) is 12.9. The summed E-state index contributed by atoms with van der Waals surface area (Å²) in [5, 5.41) is 0. The van der Waals surface area contributed by atoms with Crippen molar-refractivity contribution in [3.05, 3.63) is 60.2 Å². The summed E-state index contributed by atoms with van der Waals surface area (Å²) >= 11 is 0. The average molecular weight is 387 g/mol. The molecule has 0 aromatic heterocycles. The molecule has 0 atom stereocenters. The molecule has 5 nitrogen and oxygen atoms in total. The monoisotopic (exact) mass is 386 g/mol. The largest absolute Gasteiger partial charge is 0.336 e. The Morgan fingerprint density at radius 1 is 1.00 bits per heavy atom. The molecule has 0 spiro atoms. The Hall–Kier alpha value is -2.34. The summed E-state index contributed by atoms with van der Waals surface area (Å²) in [5.41, 5.74) is 1.13. The second-order valence-electron chi connectivity index (χ2n) is 6.86. The summed E-state index contributed by atoms with van der Waals surface area (Å²) in [6, 6.07) is 15.5. The molecular formula is C21H26N2O3S. The number of para-hydroxylation sites is 1. The second kappa shape index (κ2) is 8.13. The predicted molar refractivity (Wildman–Crippen MR) is 107 cm³/mol. The first-order valence-corrected chi connectivity index (χ1v) is 10.8. The van der Waals surface area contributed by atoms with Crippen molar-refractivity contribution >= 4 is 21.6 Å². The Balaban J connectivity index is 1.81. The quantitative estimate of drug-likeness (QED) is 0.756. The van der Waals surface area contributed by atoms with E-state index in [0.717, 1.165) is 25.7 Å². The fraction of sp³-hybridized carbons (Fsp3) is 0.381. The summed E-state index contributed by atoms with van der Waals surface area (Å²) in [4.78, 5) is 14.9. The number of hydrogen-bond donors (Lipinski definition) is 0. The highest BCUT2D eigenvalue weighted by Gasteiger charge is 2.27. The van der Waals surface area contributed by atoms with Gasteiger partial charge in [-0.1, -0.05) is 31.0 Å². The molecule has 0 N–H and O–H groups in total. The highest BCUT2D eigenvalue weighted by molar-refractivity contribution is 7.92. The normalized spacial score (nSPS) is 14.9. The summed E-state index contributed by atoms with van der Waals surface area (Å²) < 4.78 is 26.9. The minimum atomic E-state index is -3.67. The molecule has 1 saturated carbocycles. The number of rotatable bonds is 6. The van der Waals surface area contributed by atoms with Gasteiger partial charge in [0.25, 0.3) is 15.9 Å². The third-order valence-corrected chi connectivity index (χ3v) is 7.05. The van der Waals surface area contributed by atoms with Crippen LogP contribution in [0.1, 0.15) is 43.0 Å². The fourth-order valence-corrected chi connectivity index (χ4v) is 4.85. The lowest BCUT2D eigenvalue weighted by molar-refractivity contribution is 0.0693. The van der Waals surface area contributed by atoms with E-state index in [1.54, 1.807) is 36.4 Å². The predicted octanol–water partition coefficient (Wildman–Crippen LogP) is 3.92. The van der Waals surface area contributed by atoms with Crippen LogP contribution >= 0.6 is 0 Å². The van der Waals surface area contributed by atoms with E-state index in [4.69, 9.17) is 0 Å². The van der Waals surface area contributed by atoms with Gasteiger partial charge >= 0.3 is 0 Å². The number of carbonyl (C=O) groups is 1. The van der Waals surface area contributed by atoms with Crippen LogP contribution in [0.2, 0.25) is 0 Å². The van der Waals surface area contributed by atoms with E-state index in [1.807, 2.05) is 17.9 Å². The zero-order valence-electron chi connectivity index (χ0n) is 15.8. The maximum Gasteiger partial charge on any atom is 0.264 e. The Kier molecular flexibility index (Phi) is 5.85. The van der Waals surface area contributed by atoms with Crippen molar-refractivity contribution in [2.75, 3.05) is 17.9 Å². The highest BCUT2D eigenvalue weighted by atomic mass is 32.2. The van der Waals surface area contributed by atoms with Gasteiger partial charge in [-0.15, -0.1) is 0 Å². The van der Waals surface area contributed by atoms with E-state index in [9.17, 15) is 13.2 Å². The molecule has 144 valence electrons. The maximum absolute atomic E-state index is 12.8. The zero-order chi connectivity index (χ0) is 19.4. The number of benzene rings is 2. The third-order valence-electron chi connectivity index (χ3n) is 5.25. The van der Waals surface area contributed by atoms with E-state index >= 15 is 0 Å². The van der Waals surface area contributed by atoms with Crippen molar-refractivity contribution in [2.24, 2.45) is 0 Å². The molecule has 2 aromatic rings. The molecule has 0 radical (unpaired) electrons. The van der Waals surface area contributed by atoms with E-state index < -0.39 is 10.0 Å². The Bertz CT molecular complexity index is 873. The molecule has 1 aliphatic carbocycles. The fourth-order valence-electron chi connectivity index (χ4n) is 3.65. The van der Waals surface area contributed by atoms with Crippen LogP contribution in [0.3, 0.4) is 0 Å². The van der Waals surface area contributed by atoms with Gasteiger partial charge in [0, 0.05) is 25.2 Å². The Morgan fingerprint density at radius 2 is 1.59 bits per heavy atom. The van der Waals surface area contributed by atoms with E-state index in [-0.39, 0.29) is 10.8 Å². The SMILES string of the molecule is CCN(C(=O)c1ccc(S(=O)(=O)N(C)c2ccccc2)cc1)C1CCCC1. The van der Waals surface area contributed by atoms with Crippen molar-refractivity contribution in [3.8, 4) is 0 Å². The molecule has 1 amide bonds. The van der Waals surface area contributed by atoms with Crippen LogP contribution in [0.5, 0.6) is 0 Å². The van der Waals surface area contributed by atoms with Gasteiger partial charge in [-0.25, -0.2) is 8.42 Å². The number of nitrogens with zero attached hydrogens (tertiary/aromatic N) is 2. The summed E-state index contributed by atoms with van der Waals surface area (Å²) in [7, 11) is -2.14. The van der Waals surface area contributed by atoms with Crippen LogP contribution in [0.25, 0.3) is 0 Å². The van der Waals surface area contributed by atoms with Gasteiger partial charge in [-0.05, 0) is 56.2 Å². The summed E-state index contributed by atoms with van der Waals surface area (Å²) in [5.74, 6) is -0.0234. The van der Waals surface area contributed by atoms with E-state index in [1.165, 1.54) is 23.5 Å². The summed E-state index contributed by atoms with van der Waals surface area (Å²) in [6.45, 7) is 2.66. The molecular weight excluding hydrogens is 360 g/mol. The molecule has 3 rings (SSSR count). The molecule has 6 heteroatoms. The van der Waals surface area contributed by atoms with Gasteiger partial charge in [-0.3, -0.25) is 9.10 Å². The van der Waals surface area contributed by atoms with Crippen LogP contribution in [0, 0.1) is 0 Å². The lowest BCUT2D eigenvalue weighted by Crippen LogP contribution is -2.38. The lowest BCUT2D eigenvalue weighted by Gasteiger charge is -2.28. The third kappa shape index (κ3) is 4.00. The number of anilines is 1. The number of hydrogen-bond acceptors (Lipinski definition) is 3. The second-order valence-corrected chi connectivity index (χ2v) is 8.83. The first-order valence-electron chi connectivity index (χ1n) is 9.40. The van der Waals surface area contributed by atoms with Crippen molar-refractivity contribution in [1.29, 1.82) is 0 Å². The molecule has 1 fully saturated rings. The molecule has 1 aliphatic rings. The van der Waals surface area contributed by atoms with Crippen LogP contribution in [0.4, 0.5) is 5.69 Å². The molecule has 0 aliphatic heterocycles. The topological polar surface area (TPSA) is 57.7 Å². The van der Waals surface area contributed by atoms with Crippen LogP contribution < -0.4 is 4.31 Å². The maximum atomic E-state index is 12.8. The lowest BCUT2D eigenvalue weighted by atomic mass is 10.1. The average Bonchev–Trinajstić information content (AvgIpc) is 3.23. The smallest absolute Gasteiger partial charge is 0.264 e. The minimum Gasteiger partial charge on any atom is -0.336 e. The molecule has 0 saturated heterocycles. The van der Waals surface area contributed by atoms with Gasteiger partial charge in [0.2, 0.25) is 0 Å². The first kappa shape index (κ1) is 19.4. The Morgan fingerprint density at radius 3 is 2.15 bits per heavy atom. The van der Waals surface area contributed by atoms with Gasteiger partial charge in [0.05, 0.1) is 10.6 Å². The van der Waals surface area contributed by atoms with Gasteiger partial charge in [0.15, 0.2) is 0 Å². The van der Waals surface area contributed by atoms with Crippen molar-refractivity contribution in [3.63, 3.8) is 0 Å². The molecule has 0 bridgehead atoms. The zero-order valence-corrected chi connectivity index (χ0v) is 16.7. The van der Waals surface area contributed by atoms with Crippen LogP contribution in [-0.2, 0) is 10.0 Å². The van der Waals surface area contributed by atoms with Gasteiger partial charge in [0.1, 0.15) is 0 Å². The van der Waals surface area contributed by atoms with E-state index in [0.29, 0.717) is 23.8 Å². The molecule has 0 heterocycles. The van der Waals surface area contributed by atoms with Gasteiger partial charge in [-0.2, -0.15) is 0 Å². The van der Waals surface area contributed by atoms with Gasteiger partial charge < -0.3 is 4.90 Å². The highest BCUT2D eigenvalue weighted by Crippen LogP contribution is 2.26. The molecule has 2 aromatic carbocycles. The standard InChI is InChI=1S/C21H26N2O3S/c1-3-23(19-11-7-8-12-19)21(24)17-13-15-20(16-14-17)27(25,26)22(2)18-9-5-4-6-10-18/h4-6,9-10,13-16,19H,3,7-8,11-12H2,1-2H3. The summed E-state index contributed by atoms with van der Waals surface area (Å²) in [6.07, 6.45) is 4.43. The number of sulfonamides is 1. The minimum absolute atomic E-state index is 0.0234. The number of carbonyl (C=O) groups excluding carboxylic acids is 1. The number of amides is 1. The van der Waals surface area contributed by atoms with E-state index in [2.05, 4.69) is 0 Å². The molecule has 27 heavy (non-hydrogen) atoms. The molecule has 0 unspecified atom stereocenters. The Labute approximate surface area is 161 Å². The van der Waals surface area contributed by atoms with Crippen LogP contribution in [0.15, 0.2) is 59.5 Å². The van der Waals surface area contributed by atoms with Crippen LogP contribution in [-0.4, -0.2) is 38.9 Å². The van der Waals surface area contributed by atoms with Crippen molar-refractivity contribution in [2.45, 2.75) is 43.5 Å².